The zero-order valence-electron chi connectivity index (χ0n) is 10.7. The zero-order valence-corrected chi connectivity index (χ0v) is 10.7. The lowest BCUT2D eigenvalue weighted by Crippen LogP contribution is -2.36. The van der Waals surface area contributed by atoms with Gasteiger partial charge in [0.05, 0.1) is 18.8 Å². The molecule has 0 aliphatic rings. The maximum atomic E-state index is 5.29. The van der Waals surface area contributed by atoms with Crippen molar-refractivity contribution in [3.63, 3.8) is 0 Å². The number of aryl methyl sites for hydroxylation is 1. The van der Waals surface area contributed by atoms with Crippen molar-refractivity contribution in [2.75, 3.05) is 19.8 Å². The Morgan fingerprint density at radius 2 is 2.25 bits per heavy atom. The summed E-state index contributed by atoms with van der Waals surface area (Å²) in [5.74, 6) is 0. The van der Waals surface area contributed by atoms with Crippen LogP contribution in [0.4, 0.5) is 0 Å². The third-order valence-corrected chi connectivity index (χ3v) is 2.79. The van der Waals surface area contributed by atoms with Crippen LogP contribution in [0.2, 0.25) is 0 Å². The van der Waals surface area contributed by atoms with E-state index in [1.807, 2.05) is 17.8 Å². The molecule has 0 saturated carbocycles. The Morgan fingerprint density at radius 3 is 2.81 bits per heavy atom. The van der Waals surface area contributed by atoms with Crippen molar-refractivity contribution in [1.82, 2.24) is 15.1 Å². The highest BCUT2D eigenvalue weighted by molar-refractivity contribution is 5.00. The van der Waals surface area contributed by atoms with Gasteiger partial charge in [-0.3, -0.25) is 4.68 Å². The van der Waals surface area contributed by atoms with Crippen LogP contribution >= 0.6 is 0 Å². The third kappa shape index (κ3) is 3.94. The lowest BCUT2D eigenvalue weighted by molar-refractivity contribution is 0.145. The molecule has 0 aliphatic carbocycles. The molecular formula is C12H23N3O. The SMILES string of the molecule is CCOCCN[C@H](C)[C@@H](C)n1cc(C)cn1. The van der Waals surface area contributed by atoms with Crippen LogP contribution in [-0.2, 0) is 4.74 Å². The molecule has 0 fully saturated rings. The molecule has 1 heterocycles. The second-order valence-electron chi connectivity index (χ2n) is 4.18. The fraction of sp³-hybridized carbons (Fsp3) is 0.750. The van der Waals surface area contributed by atoms with E-state index in [9.17, 15) is 0 Å². The molecule has 1 N–H and O–H groups in total. The molecule has 4 nitrogen and oxygen atoms in total. The maximum absolute atomic E-state index is 5.29. The van der Waals surface area contributed by atoms with Gasteiger partial charge in [0.2, 0.25) is 0 Å². The van der Waals surface area contributed by atoms with Gasteiger partial charge in [-0.15, -0.1) is 0 Å². The lowest BCUT2D eigenvalue weighted by atomic mass is 10.2. The molecule has 2 atom stereocenters. The summed E-state index contributed by atoms with van der Waals surface area (Å²) in [6, 6.07) is 0.745. The van der Waals surface area contributed by atoms with Crippen LogP contribution in [0, 0.1) is 6.92 Å². The van der Waals surface area contributed by atoms with E-state index >= 15 is 0 Å². The minimum Gasteiger partial charge on any atom is -0.380 e. The molecular weight excluding hydrogens is 202 g/mol. The number of hydrogen-bond donors (Lipinski definition) is 1. The Kier molecular flexibility index (Phi) is 5.49. The molecule has 92 valence electrons. The number of aromatic nitrogens is 2. The molecule has 0 aliphatic heterocycles. The summed E-state index contributed by atoms with van der Waals surface area (Å²) in [6.07, 6.45) is 3.97. The summed E-state index contributed by atoms with van der Waals surface area (Å²) >= 11 is 0. The summed E-state index contributed by atoms with van der Waals surface area (Å²) < 4.78 is 7.30. The van der Waals surface area contributed by atoms with Gasteiger partial charge in [0.1, 0.15) is 0 Å². The summed E-state index contributed by atoms with van der Waals surface area (Å²) in [6.45, 7) is 10.9. The van der Waals surface area contributed by atoms with Crippen LogP contribution in [-0.4, -0.2) is 35.6 Å². The maximum Gasteiger partial charge on any atom is 0.0641 e. The first-order chi connectivity index (χ1) is 7.65. The van der Waals surface area contributed by atoms with Gasteiger partial charge in [-0.05, 0) is 33.3 Å². The van der Waals surface area contributed by atoms with E-state index in [0.717, 1.165) is 19.8 Å². The third-order valence-electron chi connectivity index (χ3n) is 2.79. The van der Waals surface area contributed by atoms with Crippen molar-refractivity contribution in [3.8, 4) is 0 Å². The van der Waals surface area contributed by atoms with E-state index in [1.54, 1.807) is 0 Å². The predicted octanol–water partition coefficient (Wildman–Crippen LogP) is 1.77. The molecule has 1 aromatic heterocycles. The van der Waals surface area contributed by atoms with Gasteiger partial charge in [-0.25, -0.2) is 0 Å². The molecule has 0 spiro atoms. The van der Waals surface area contributed by atoms with Crippen molar-refractivity contribution >= 4 is 0 Å². The van der Waals surface area contributed by atoms with E-state index in [1.165, 1.54) is 5.56 Å². The van der Waals surface area contributed by atoms with E-state index in [2.05, 4.69) is 37.4 Å². The number of ether oxygens (including phenoxy) is 1. The minimum absolute atomic E-state index is 0.357. The molecule has 0 unspecified atom stereocenters. The molecule has 0 saturated heterocycles. The fourth-order valence-electron chi connectivity index (χ4n) is 1.56. The smallest absolute Gasteiger partial charge is 0.0641 e. The second-order valence-corrected chi connectivity index (χ2v) is 4.18. The largest absolute Gasteiger partial charge is 0.380 e. The summed E-state index contributed by atoms with van der Waals surface area (Å²) in [5.41, 5.74) is 1.20. The second kappa shape index (κ2) is 6.66. The highest BCUT2D eigenvalue weighted by atomic mass is 16.5. The highest BCUT2D eigenvalue weighted by Crippen LogP contribution is 2.10. The van der Waals surface area contributed by atoms with Crippen LogP contribution in [0.5, 0.6) is 0 Å². The first kappa shape index (κ1) is 13.2. The normalized spacial score (nSPS) is 15.0. The van der Waals surface area contributed by atoms with Crippen LogP contribution in [0.3, 0.4) is 0 Å². The first-order valence-corrected chi connectivity index (χ1v) is 5.97. The van der Waals surface area contributed by atoms with Crippen molar-refractivity contribution in [2.24, 2.45) is 0 Å². The number of hydrogen-bond acceptors (Lipinski definition) is 3. The molecule has 0 bridgehead atoms. The van der Waals surface area contributed by atoms with Gasteiger partial charge < -0.3 is 10.1 Å². The summed E-state index contributed by atoms with van der Waals surface area (Å²) in [5, 5.41) is 7.77. The van der Waals surface area contributed by atoms with Gasteiger partial charge in [-0.2, -0.15) is 5.10 Å². The van der Waals surface area contributed by atoms with E-state index in [0.29, 0.717) is 12.1 Å². The minimum atomic E-state index is 0.357. The lowest BCUT2D eigenvalue weighted by Gasteiger charge is -2.21. The highest BCUT2D eigenvalue weighted by Gasteiger charge is 2.13. The molecule has 1 rings (SSSR count). The Bertz CT molecular complexity index is 298. The Hall–Kier alpha value is -0.870. The van der Waals surface area contributed by atoms with E-state index < -0.39 is 0 Å². The van der Waals surface area contributed by atoms with Crippen molar-refractivity contribution in [1.29, 1.82) is 0 Å². The Labute approximate surface area is 98.0 Å². The molecule has 4 heteroatoms. The first-order valence-electron chi connectivity index (χ1n) is 5.97. The summed E-state index contributed by atoms with van der Waals surface area (Å²) in [4.78, 5) is 0. The number of rotatable bonds is 7. The van der Waals surface area contributed by atoms with Crippen LogP contribution in [0.25, 0.3) is 0 Å². The van der Waals surface area contributed by atoms with Gasteiger partial charge in [0.15, 0.2) is 0 Å². The monoisotopic (exact) mass is 225 g/mol. The predicted molar refractivity (Wildman–Crippen MR) is 65.6 cm³/mol. The molecule has 0 aromatic carbocycles. The van der Waals surface area contributed by atoms with Crippen LogP contribution in [0.15, 0.2) is 12.4 Å². The average molecular weight is 225 g/mol. The molecule has 0 amide bonds. The molecule has 16 heavy (non-hydrogen) atoms. The number of nitrogens with one attached hydrogen (secondary N) is 1. The van der Waals surface area contributed by atoms with E-state index in [4.69, 9.17) is 4.74 Å². The van der Waals surface area contributed by atoms with Crippen LogP contribution < -0.4 is 5.32 Å². The van der Waals surface area contributed by atoms with Gasteiger partial charge in [-0.1, -0.05) is 0 Å². The van der Waals surface area contributed by atoms with Gasteiger partial charge >= 0.3 is 0 Å². The molecule has 1 aromatic rings. The van der Waals surface area contributed by atoms with Gasteiger partial charge in [0, 0.05) is 25.4 Å². The van der Waals surface area contributed by atoms with Crippen LogP contribution in [0.1, 0.15) is 32.4 Å². The van der Waals surface area contributed by atoms with Crippen molar-refractivity contribution < 1.29 is 4.74 Å². The quantitative estimate of drug-likeness (QED) is 0.719. The standard InChI is InChI=1S/C12H23N3O/c1-5-16-7-6-13-11(3)12(4)15-9-10(2)8-14-15/h8-9,11-13H,5-7H2,1-4H3/t11-,12-/m1/s1. The Morgan fingerprint density at radius 1 is 1.50 bits per heavy atom. The fourth-order valence-corrected chi connectivity index (χ4v) is 1.56. The number of nitrogens with zero attached hydrogens (tertiary/aromatic N) is 2. The van der Waals surface area contributed by atoms with Crippen molar-refractivity contribution in [2.45, 2.75) is 39.8 Å². The Balaban J connectivity index is 2.33. The topological polar surface area (TPSA) is 39.1 Å². The van der Waals surface area contributed by atoms with Gasteiger partial charge in [0.25, 0.3) is 0 Å². The molecule has 0 radical (unpaired) electrons. The van der Waals surface area contributed by atoms with Crippen molar-refractivity contribution in [3.05, 3.63) is 18.0 Å². The van der Waals surface area contributed by atoms with E-state index in [-0.39, 0.29) is 0 Å². The average Bonchev–Trinajstić information content (AvgIpc) is 2.70. The zero-order chi connectivity index (χ0) is 12.0. The summed E-state index contributed by atoms with van der Waals surface area (Å²) in [7, 11) is 0.